The zero-order chi connectivity index (χ0) is 37.0. The van der Waals surface area contributed by atoms with Gasteiger partial charge in [0.1, 0.15) is 0 Å². The molecule has 0 unspecified atom stereocenters. The molecule has 6 aromatic rings. The molecule has 16 bridgehead atoms. The van der Waals surface area contributed by atoms with Gasteiger partial charge < -0.3 is 19.9 Å². The predicted octanol–water partition coefficient (Wildman–Crippen LogP) is 10.2. The van der Waals surface area contributed by atoms with E-state index in [4.69, 9.17) is 16.2 Å². The Morgan fingerprint density at radius 1 is 0.339 bits per heavy atom. The number of fused-ring (bicyclic) bond motifs is 16. The third kappa shape index (κ3) is 9.52. The average molecular weight is 832 g/mol. The summed E-state index contributed by atoms with van der Waals surface area (Å²) in [5.41, 5.74) is 15.7. The molecule has 1 fully saturated rings. The zero-order valence-corrected chi connectivity index (χ0v) is 32.1. The summed E-state index contributed by atoms with van der Waals surface area (Å²) in [5, 5.41) is 0. The molecule has 0 aromatic carbocycles. The van der Waals surface area contributed by atoms with Crippen molar-refractivity contribution < 1.29 is 33.3 Å². The molecule has 5 aliphatic heterocycles. The van der Waals surface area contributed by atoms with E-state index in [-0.39, 0.29) is 17.1 Å². The number of aromatic nitrogens is 8. The van der Waals surface area contributed by atoms with Crippen molar-refractivity contribution in [3.63, 3.8) is 0 Å². The van der Waals surface area contributed by atoms with E-state index in [0.717, 1.165) is 103 Å². The van der Waals surface area contributed by atoms with Crippen molar-refractivity contribution in [2.45, 2.75) is 19.3 Å². The van der Waals surface area contributed by atoms with Crippen LogP contribution in [0.25, 0.3) is 92.7 Å². The zero-order valence-electron chi connectivity index (χ0n) is 30.2. The Bertz CT molecular complexity index is 2310. The number of rotatable bonds is 0. The third-order valence-corrected chi connectivity index (χ3v) is 9.77. The van der Waals surface area contributed by atoms with E-state index in [2.05, 4.69) is 88.4 Å². The number of aromatic amines is 4. The molecule has 0 atom stereocenters. The number of hydrogen-bond acceptors (Lipinski definition) is 5. The van der Waals surface area contributed by atoms with Gasteiger partial charge in [0.15, 0.2) is 0 Å². The minimum atomic E-state index is 0. The number of piperidine rings is 1. The van der Waals surface area contributed by atoms with Crippen molar-refractivity contribution in [2.24, 2.45) is 0 Å². The Morgan fingerprint density at radius 3 is 0.696 bits per heavy atom. The van der Waals surface area contributed by atoms with Crippen LogP contribution in [0.4, 0.5) is 0 Å². The molecule has 0 aliphatic carbocycles. The van der Waals surface area contributed by atoms with Crippen LogP contribution in [-0.2, 0) is 33.3 Å². The molecule has 4 N–H and O–H groups in total. The first-order valence-corrected chi connectivity index (χ1v) is 18.9. The van der Waals surface area contributed by atoms with Crippen LogP contribution in [0.15, 0.2) is 97.1 Å². The van der Waals surface area contributed by atoms with Crippen molar-refractivity contribution in [3.05, 3.63) is 143 Å². The van der Waals surface area contributed by atoms with Gasteiger partial charge in [0.2, 0.25) is 0 Å². The normalized spacial score (nSPS) is 14.0. The second kappa shape index (κ2) is 16.9. The van der Waals surface area contributed by atoms with E-state index in [9.17, 15) is 0 Å². The monoisotopic (exact) mass is 830 g/mol. The van der Waals surface area contributed by atoms with Gasteiger partial charge >= 0.3 is 52.5 Å². The fourth-order valence-electron chi connectivity index (χ4n) is 6.72. The van der Waals surface area contributed by atoms with Gasteiger partial charge in [-0.2, -0.15) is 0 Å². The fourth-order valence-corrected chi connectivity index (χ4v) is 7.02. The topological polar surface area (TPSA) is 118 Å². The molecule has 11 heteroatoms. The van der Waals surface area contributed by atoms with Crippen LogP contribution >= 0.6 is 0 Å². The van der Waals surface area contributed by atoms with Crippen LogP contribution in [0.2, 0.25) is 0 Å². The van der Waals surface area contributed by atoms with Gasteiger partial charge in [-0.1, -0.05) is 0 Å². The number of nitrogens with one attached hydrogen (secondary N) is 4. The van der Waals surface area contributed by atoms with Crippen LogP contribution < -0.4 is 0 Å². The quantitative estimate of drug-likeness (QED) is 0.114. The number of H-pyrrole nitrogens is 4. The van der Waals surface area contributed by atoms with Gasteiger partial charge in [-0.05, 0) is 146 Å². The molecule has 11 rings (SSSR count). The van der Waals surface area contributed by atoms with Crippen molar-refractivity contribution >= 4 is 92.7 Å². The molecule has 5 aliphatic rings. The Morgan fingerprint density at radius 2 is 0.536 bits per heavy atom. The van der Waals surface area contributed by atoms with Crippen molar-refractivity contribution in [1.82, 2.24) is 43.8 Å². The number of nitrogens with zero attached hydrogens (tertiary/aromatic N) is 5. The summed E-state index contributed by atoms with van der Waals surface area (Å²) < 4.78 is 1.95. The van der Waals surface area contributed by atoms with Gasteiger partial charge in [-0.3, -0.25) is 0 Å². The molecule has 11 heterocycles. The second-order valence-corrected chi connectivity index (χ2v) is 14.3. The van der Waals surface area contributed by atoms with Gasteiger partial charge in [0, 0.05) is 61.2 Å². The van der Waals surface area contributed by atoms with E-state index in [1.807, 2.05) is 101 Å². The van der Waals surface area contributed by atoms with Gasteiger partial charge in [-0.25, -0.2) is 19.9 Å². The molecule has 9 nitrogen and oxygen atoms in total. The standard InChI is InChI=1S/2C20H14N4.C5H10N.2Cu/c2*1-2-14-10-16-5-6-18(23-16)12-20-8-7-19(24-20)11-17-4-3-15(22-17)9-13(1)21-14;1-2-4-6-5-3-1;;/h2*1-12,21,24H;1-5H2;;/q;;-1;;+1. The summed E-state index contributed by atoms with van der Waals surface area (Å²) in [6, 6.07) is 32.7. The second-order valence-electron chi connectivity index (χ2n) is 13.7. The molecule has 0 amide bonds. The van der Waals surface area contributed by atoms with Crippen molar-refractivity contribution in [1.29, 1.82) is 0 Å². The Labute approximate surface area is 343 Å². The molecular formula is C45H38Cu2N9. The molecule has 1 radical (unpaired) electrons. The molecule has 1 saturated heterocycles. The van der Waals surface area contributed by atoms with E-state index in [0.29, 0.717) is 0 Å². The Kier molecular flexibility index (Phi) is 11.2. The molecule has 0 spiro atoms. The maximum atomic E-state index is 5.06. The Balaban J connectivity index is 0.000000132. The fraction of sp³-hybridized carbons (Fsp3) is 0.111. The molecule has 56 heavy (non-hydrogen) atoms. The van der Waals surface area contributed by atoms with E-state index in [1.165, 1.54) is 19.3 Å². The summed E-state index contributed by atoms with van der Waals surface area (Å²) in [4.78, 5) is 32.0. The van der Waals surface area contributed by atoms with Crippen LogP contribution in [-0.4, -0.2) is 56.9 Å². The van der Waals surface area contributed by atoms with Gasteiger partial charge in [0.25, 0.3) is 0 Å². The predicted molar refractivity (Wildman–Crippen MR) is 223 cm³/mol. The summed E-state index contributed by atoms with van der Waals surface area (Å²) in [6.45, 7) is 2.25. The van der Waals surface area contributed by atoms with Gasteiger partial charge in [0.05, 0.1) is 45.6 Å². The maximum absolute atomic E-state index is 5.06. The third-order valence-electron chi connectivity index (χ3n) is 9.35. The number of hydrogen-bond donors (Lipinski definition) is 4. The van der Waals surface area contributed by atoms with Crippen molar-refractivity contribution in [2.75, 3.05) is 13.1 Å². The molecule has 6 aromatic heterocycles. The molecular weight excluding hydrogens is 794 g/mol. The first-order valence-electron chi connectivity index (χ1n) is 18.5. The SMILES string of the molecule is C1=Cc2cc3ccc(cc4nc(cc5ccc(cc1n2)[nH]5)C=C4)[nH]3.C1=Cc2cc3ccc(cc4nc(cc5ccc(cc1n2)[nH]5)C=C4)[nH]3.[Cu].[Cu][N]1CCCCC1. The molecule has 285 valence electrons. The average Bonchev–Trinajstić information content (AvgIpc) is 4.01. The first-order chi connectivity index (χ1) is 27.0. The van der Waals surface area contributed by atoms with E-state index in [1.54, 1.807) is 0 Å². The summed E-state index contributed by atoms with van der Waals surface area (Å²) in [7, 11) is 0. The van der Waals surface area contributed by atoms with E-state index < -0.39 is 0 Å². The minimum absolute atomic E-state index is 0. The molecule has 0 saturated carbocycles. The van der Waals surface area contributed by atoms with Gasteiger partial charge in [-0.15, -0.1) is 0 Å². The first kappa shape index (κ1) is 37.1. The van der Waals surface area contributed by atoms with Crippen LogP contribution in [0.3, 0.4) is 0 Å². The summed E-state index contributed by atoms with van der Waals surface area (Å²) in [6.07, 6.45) is 20.2. The van der Waals surface area contributed by atoms with Crippen LogP contribution in [0.5, 0.6) is 0 Å². The summed E-state index contributed by atoms with van der Waals surface area (Å²) >= 11 is 5.06. The van der Waals surface area contributed by atoms with Crippen molar-refractivity contribution in [3.8, 4) is 0 Å². The van der Waals surface area contributed by atoms with Crippen LogP contribution in [0.1, 0.15) is 64.8 Å². The summed E-state index contributed by atoms with van der Waals surface area (Å²) in [5.74, 6) is 0. The van der Waals surface area contributed by atoms with Crippen LogP contribution in [0, 0.1) is 0 Å². The Hall–Kier alpha value is -5.80. The van der Waals surface area contributed by atoms with E-state index >= 15 is 0 Å².